The van der Waals surface area contributed by atoms with Crippen molar-refractivity contribution in [2.24, 2.45) is 0 Å². The molecule has 11 heteroatoms. The van der Waals surface area contributed by atoms with Gasteiger partial charge in [0.05, 0.1) is 21.8 Å². The number of benzene rings is 2. The number of aromatic nitrogens is 4. The molecule has 0 unspecified atom stereocenters. The predicted molar refractivity (Wildman–Crippen MR) is 139 cm³/mol. The Bertz CT molecular complexity index is 1530. The predicted octanol–water partition coefficient (Wildman–Crippen LogP) is 5.42. The molecule has 2 aromatic carbocycles. The van der Waals surface area contributed by atoms with Crippen molar-refractivity contribution in [3.63, 3.8) is 0 Å². The van der Waals surface area contributed by atoms with Gasteiger partial charge >= 0.3 is 6.03 Å². The topological polar surface area (TPSA) is 106 Å². The van der Waals surface area contributed by atoms with Gasteiger partial charge in [-0.2, -0.15) is 4.37 Å². The van der Waals surface area contributed by atoms with Crippen LogP contribution in [0.15, 0.2) is 61.2 Å². The van der Waals surface area contributed by atoms with Crippen LogP contribution in [0.2, 0.25) is 0 Å². The minimum atomic E-state index is -0.513. The molecule has 0 aliphatic rings. The van der Waals surface area contributed by atoms with Gasteiger partial charge in [0.2, 0.25) is 0 Å². The second kappa shape index (κ2) is 10.2. The van der Waals surface area contributed by atoms with Crippen LogP contribution in [0.3, 0.4) is 0 Å². The first-order valence-corrected chi connectivity index (χ1v) is 12.2. The fourth-order valence-corrected chi connectivity index (χ4v) is 4.45. The van der Waals surface area contributed by atoms with Gasteiger partial charge < -0.3 is 25.3 Å². The van der Waals surface area contributed by atoms with Crippen LogP contribution >= 0.6 is 11.5 Å². The van der Waals surface area contributed by atoms with Gasteiger partial charge in [-0.25, -0.2) is 19.2 Å². The maximum Gasteiger partial charge on any atom is 0.315 e. The number of hydrogen-bond acceptors (Lipinski definition) is 7. The normalized spacial score (nSPS) is 11.2. The molecule has 2 amide bonds. The van der Waals surface area contributed by atoms with Crippen molar-refractivity contribution < 1.29 is 13.9 Å². The van der Waals surface area contributed by atoms with E-state index in [0.29, 0.717) is 30.3 Å². The van der Waals surface area contributed by atoms with Gasteiger partial charge in [-0.15, -0.1) is 0 Å². The third kappa shape index (κ3) is 5.05. The highest BCUT2D eigenvalue weighted by atomic mass is 32.1. The Kier molecular flexibility index (Phi) is 6.63. The molecular formula is C25H24FN7O2S. The van der Waals surface area contributed by atoms with Crippen molar-refractivity contribution in [1.82, 2.24) is 29.5 Å². The maximum atomic E-state index is 15.0. The molecule has 0 fully saturated rings. The molecule has 0 atom stereocenters. The Morgan fingerprint density at radius 2 is 2.06 bits per heavy atom. The summed E-state index contributed by atoms with van der Waals surface area (Å²) in [6.45, 7) is 4.74. The largest absolute Gasteiger partial charge is 0.454 e. The van der Waals surface area contributed by atoms with Crippen LogP contribution in [0, 0.1) is 5.82 Å². The van der Waals surface area contributed by atoms with Crippen LogP contribution in [-0.4, -0.2) is 37.5 Å². The van der Waals surface area contributed by atoms with E-state index in [0.717, 1.165) is 21.1 Å². The summed E-state index contributed by atoms with van der Waals surface area (Å²) in [4.78, 5) is 20.5. The van der Waals surface area contributed by atoms with E-state index in [-0.39, 0.29) is 17.8 Å². The lowest BCUT2D eigenvalue weighted by Crippen LogP contribution is -2.40. The standard InChI is InChI=1S/C25H24FN7O2S/c1-15(2)31-25(34)27-9-11-33-10-8-19-23(33)24(29-14-28-19)32-16-6-7-21(18(26)12-16)35-20-4-3-5-22-17(20)13-30-36-22/h3-8,10,12-15H,9,11H2,1-2H3,(H2,27,31,34)(H,28,29,32). The molecule has 5 aromatic rings. The molecule has 0 saturated carbocycles. The summed E-state index contributed by atoms with van der Waals surface area (Å²) in [5.41, 5.74) is 2.00. The number of halogens is 1. The Morgan fingerprint density at radius 1 is 1.17 bits per heavy atom. The molecule has 184 valence electrons. The number of amides is 2. The second-order valence-corrected chi connectivity index (χ2v) is 9.22. The van der Waals surface area contributed by atoms with Crippen LogP contribution in [0.1, 0.15) is 13.8 Å². The lowest BCUT2D eigenvalue weighted by Gasteiger charge is -2.13. The van der Waals surface area contributed by atoms with Crippen LogP contribution in [0.4, 0.5) is 20.7 Å². The third-order valence-corrected chi connectivity index (χ3v) is 6.15. The summed E-state index contributed by atoms with van der Waals surface area (Å²) in [5, 5.41) is 9.64. The van der Waals surface area contributed by atoms with Crippen molar-refractivity contribution in [3.05, 3.63) is 67.0 Å². The summed E-state index contributed by atoms with van der Waals surface area (Å²) in [7, 11) is 0. The lowest BCUT2D eigenvalue weighted by atomic mass is 10.2. The Labute approximate surface area is 210 Å². The van der Waals surface area contributed by atoms with Crippen LogP contribution in [-0.2, 0) is 6.54 Å². The van der Waals surface area contributed by atoms with Crippen molar-refractivity contribution >= 4 is 50.2 Å². The molecule has 3 heterocycles. The monoisotopic (exact) mass is 505 g/mol. The van der Waals surface area contributed by atoms with Crippen LogP contribution in [0.25, 0.3) is 21.1 Å². The van der Waals surface area contributed by atoms with E-state index >= 15 is 0 Å². The van der Waals surface area contributed by atoms with E-state index in [1.807, 2.05) is 42.8 Å². The number of urea groups is 1. The zero-order chi connectivity index (χ0) is 25.1. The fourth-order valence-electron chi connectivity index (χ4n) is 3.79. The number of fused-ring (bicyclic) bond motifs is 2. The van der Waals surface area contributed by atoms with Gasteiger partial charge in [0.15, 0.2) is 17.4 Å². The average molecular weight is 506 g/mol. The number of nitrogens with zero attached hydrogens (tertiary/aromatic N) is 4. The van der Waals surface area contributed by atoms with Gasteiger partial charge in [-0.05, 0) is 55.7 Å². The highest BCUT2D eigenvalue weighted by molar-refractivity contribution is 7.13. The summed E-state index contributed by atoms with van der Waals surface area (Å²) >= 11 is 1.36. The van der Waals surface area contributed by atoms with Crippen molar-refractivity contribution in [2.75, 3.05) is 11.9 Å². The number of carbonyl (C=O) groups excluding carboxylic acids is 1. The Hall–Kier alpha value is -4.25. The van der Waals surface area contributed by atoms with Gasteiger partial charge in [0.25, 0.3) is 0 Å². The molecule has 0 saturated heterocycles. The van der Waals surface area contributed by atoms with E-state index in [2.05, 4.69) is 30.3 Å². The number of anilines is 2. The van der Waals surface area contributed by atoms with Crippen molar-refractivity contribution in [1.29, 1.82) is 0 Å². The zero-order valence-corrected chi connectivity index (χ0v) is 20.5. The fraction of sp³-hybridized carbons (Fsp3) is 0.200. The molecule has 0 spiro atoms. The third-order valence-electron chi connectivity index (χ3n) is 5.38. The Morgan fingerprint density at radius 3 is 2.89 bits per heavy atom. The molecule has 0 aliphatic heterocycles. The number of hydrogen-bond donors (Lipinski definition) is 3. The number of ether oxygens (including phenoxy) is 1. The number of nitrogens with one attached hydrogen (secondary N) is 3. The molecule has 0 aliphatic carbocycles. The molecule has 9 nitrogen and oxygen atoms in total. The summed E-state index contributed by atoms with van der Waals surface area (Å²) < 4.78 is 27.9. The van der Waals surface area contributed by atoms with E-state index in [4.69, 9.17) is 4.74 Å². The lowest BCUT2D eigenvalue weighted by molar-refractivity contribution is 0.238. The Balaban J connectivity index is 1.32. The number of rotatable bonds is 8. The zero-order valence-electron chi connectivity index (χ0n) is 19.7. The SMILES string of the molecule is CC(C)NC(=O)NCCn1ccc2ncnc(Nc3ccc(Oc4cccc5sncc45)c(F)c3)c21. The second-order valence-electron chi connectivity index (χ2n) is 8.39. The molecule has 3 N–H and O–H groups in total. The van der Waals surface area contributed by atoms with Crippen molar-refractivity contribution in [3.8, 4) is 11.5 Å². The molecular weight excluding hydrogens is 481 g/mol. The highest BCUT2D eigenvalue weighted by Gasteiger charge is 2.13. The first-order chi connectivity index (χ1) is 17.5. The summed E-state index contributed by atoms with van der Waals surface area (Å²) in [6.07, 6.45) is 5.04. The van der Waals surface area contributed by atoms with Crippen LogP contribution in [0.5, 0.6) is 11.5 Å². The molecule has 5 rings (SSSR count). The van der Waals surface area contributed by atoms with Gasteiger partial charge in [-0.3, -0.25) is 0 Å². The first kappa shape index (κ1) is 23.5. The van der Waals surface area contributed by atoms with E-state index in [9.17, 15) is 9.18 Å². The average Bonchev–Trinajstić information content (AvgIpc) is 3.49. The molecule has 0 radical (unpaired) electrons. The highest BCUT2D eigenvalue weighted by Crippen LogP contribution is 2.34. The number of carbonyl (C=O) groups is 1. The molecule has 36 heavy (non-hydrogen) atoms. The molecule has 0 bridgehead atoms. The van der Waals surface area contributed by atoms with E-state index in [1.54, 1.807) is 24.4 Å². The van der Waals surface area contributed by atoms with Gasteiger partial charge in [0, 0.05) is 37.1 Å². The van der Waals surface area contributed by atoms with E-state index in [1.165, 1.54) is 23.9 Å². The minimum absolute atomic E-state index is 0.0557. The quantitative estimate of drug-likeness (QED) is 0.260. The van der Waals surface area contributed by atoms with Gasteiger partial charge in [-0.1, -0.05) is 6.07 Å². The van der Waals surface area contributed by atoms with Crippen molar-refractivity contribution in [2.45, 2.75) is 26.4 Å². The maximum absolute atomic E-state index is 15.0. The smallest absolute Gasteiger partial charge is 0.315 e. The first-order valence-electron chi connectivity index (χ1n) is 11.4. The van der Waals surface area contributed by atoms with Crippen LogP contribution < -0.4 is 20.7 Å². The summed E-state index contributed by atoms with van der Waals surface area (Å²) in [6, 6.07) is 11.9. The minimum Gasteiger partial charge on any atom is -0.454 e. The molecule has 3 aromatic heterocycles. The van der Waals surface area contributed by atoms with E-state index < -0.39 is 5.82 Å². The van der Waals surface area contributed by atoms with Gasteiger partial charge in [0.1, 0.15) is 17.6 Å². The summed E-state index contributed by atoms with van der Waals surface area (Å²) in [5.74, 6) is 0.674.